The van der Waals surface area contributed by atoms with Crippen molar-refractivity contribution in [1.82, 2.24) is 9.88 Å². The minimum absolute atomic E-state index is 0.639. The molecule has 4 nitrogen and oxygen atoms in total. The molecule has 0 N–H and O–H groups in total. The lowest BCUT2D eigenvalue weighted by molar-refractivity contribution is 0.0336. The fourth-order valence-electron chi connectivity index (χ4n) is 2.09. The minimum atomic E-state index is 0.639. The van der Waals surface area contributed by atoms with E-state index in [9.17, 15) is 0 Å². The second kappa shape index (κ2) is 5.74. The smallest absolute Gasteiger partial charge is 0.226 e. The van der Waals surface area contributed by atoms with Gasteiger partial charge in [0.15, 0.2) is 0 Å². The molecule has 5 heteroatoms. The third kappa shape index (κ3) is 3.15. The van der Waals surface area contributed by atoms with Gasteiger partial charge in [0.1, 0.15) is 6.26 Å². The standard InChI is InChI=1S/C14H15ClN2O2/c15-12-3-1-11(2-4-12)14-16-13(10-19-14)9-17-5-7-18-8-6-17/h1-4,10H,5-9H2. The molecule has 0 spiro atoms. The molecule has 0 aliphatic carbocycles. The van der Waals surface area contributed by atoms with E-state index in [1.54, 1.807) is 6.26 Å². The van der Waals surface area contributed by atoms with E-state index in [0.717, 1.165) is 44.1 Å². The summed E-state index contributed by atoms with van der Waals surface area (Å²) in [6, 6.07) is 7.49. The molecule has 1 aliphatic heterocycles. The molecular formula is C14H15ClN2O2. The van der Waals surface area contributed by atoms with Gasteiger partial charge in [-0.3, -0.25) is 4.90 Å². The molecule has 0 saturated carbocycles. The van der Waals surface area contributed by atoms with Crippen LogP contribution in [0.4, 0.5) is 0 Å². The maximum atomic E-state index is 5.86. The summed E-state index contributed by atoms with van der Waals surface area (Å²) in [4.78, 5) is 6.82. The molecule has 1 aliphatic rings. The summed E-state index contributed by atoms with van der Waals surface area (Å²) in [6.45, 7) is 4.29. The predicted octanol–water partition coefficient (Wildman–Crippen LogP) is 2.83. The molecule has 1 fully saturated rings. The molecule has 0 radical (unpaired) electrons. The molecule has 0 atom stereocenters. The molecule has 0 amide bonds. The highest BCUT2D eigenvalue weighted by Gasteiger charge is 2.13. The Labute approximate surface area is 116 Å². The molecule has 3 rings (SSSR count). The van der Waals surface area contributed by atoms with Gasteiger partial charge in [0.25, 0.3) is 0 Å². The molecule has 1 saturated heterocycles. The third-order valence-electron chi connectivity index (χ3n) is 3.13. The number of rotatable bonds is 3. The summed E-state index contributed by atoms with van der Waals surface area (Å²) in [5, 5.41) is 0.712. The van der Waals surface area contributed by atoms with Gasteiger partial charge in [0, 0.05) is 30.2 Å². The van der Waals surface area contributed by atoms with E-state index in [4.69, 9.17) is 20.8 Å². The number of aromatic nitrogens is 1. The second-order valence-corrected chi connectivity index (χ2v) is 4.98. The summed E-state index contributed by atoms with van der Waals surface area (Å²) in [7, 11) is 0. The van der Waals surface area contributed by atoms with Gasteiger partial charge in [-0.1, -0.05) is 11.6 Å². The van der Waals surface area contributed by atoms with Crippen LogP contribution in [-0.4, -0.2) is 36.2 Å². The Morgan fingerprint density at radius 1 is 1.16 bits per heavy atom. The van der Waals surface area contributed by atoms with Crippen LogP contribution in [0.25, 0.3) is 11.5 Å². The van der Waals surface area contributed by atoms with Gasteiger partial charge in [0.05, 0.1) is 18.9 Å². The van der Waals surface area contributed by atoms with E-state index >= 15 is 0 Å². The van der Waals surface area contributed by atoms with Crippen molar-refractivity contribution in [2.45, 2.75) is 6.54 Å². The first-order valence-corrected chi connectivity index (χ1v) is 6.69. The number of nitrogens with zero attached hydrogens (tertiary/aromatic N) is 2. The van der Waals surface area contributed by atoms with Gasteiger partial charge in [-0.15, -0.1) is 0 Å². The Bertz CT molecular complexity index is 533. The quantitative estimate of drug-likeness (QED) is 0.865. The Balaban J connectivity index is 1.70. The highest BCUT2D eigenvalue weighted by molar-refractivity contribution is 6.30. The van der Waals surface area contributed by atoms with Gasteiger partial charge < -0.3 is 9.15 Å². The maximum Gasteiger partial charge on any atom is 0.226 e. The summed E-state index contributed by atoms with van der Waals surface area (Å²) in [5.74, 6) is 0.639. The van der Waals surface area contributed by atoms with Crippen LogP contribution < -0.4 is 0 Å². The van der Waals surface area contributed by atoms with E-state index in [-0.39, 0.29) is 0 Å². The SMILES string of the molecule is Clc1ccc(-c2nc(CN3CCOCC3)co2)cc1. The van der Waals surface area contributed by atoms with Crippen LogP contribution in [0.2, 0.25) is 5.02 Å². The molecule has 0 bridgehead atoms. The number of halogens is 1. The summed E-state index contributed by atoms with van der Waals surface area (Å²) >= 11 is 5.86. The number of ether oxygens (including phenoxy) is 1. The third-order valence-corrected chi connectivity index (χ3v) is 3.38. The molecule has 1 aromatic heterocycles. The Hall–Kier alpha value is -1.36. The average molecular weight is 279 g/mol. The fourth-order valence-corrected chi connectivity index (χ4v) is 2.22. The van der Waals surface area contributed by atoms with Crippen molar-refractivity contribution < 1.29 is 9.15 Å². The van der Waals surface area contributed by atoms with Crippen LogP contribution in [0.5, 0.6) is 0 Å². The number of hydrogen-bond acceptors (Lipinski definition) is 4. The lowest BCUT2D eigenvalue weighted by Crippen LogP contribution is -2.35. The average Bonchev–Trinajstić information content (AvgIpc) is 2.89. The first kappa shape index (κ1) is 12.7. The highest BCUT2D eigenvalue weighted by atomic mass is 35.5. The number of morpholine rings is 1. The molecule has 19 heavy (non-hydrogen) atoms. The van der Waals surface area contributed by atoms with Crippen LogP contribution in [0.1, 0.15) is 5.69 Å². The first-order chi connectivity index (χ1) is 9.31. The number of oxazole rings is 1. The molecule has 2 heterocycles. The largest absolute Gasteiger partial charge is 0.444 e. The lowest BCUT2D eigenvalue weighted by Gasteiger charge is -2.25. The lowest BCUT2D eigenvalue weighted by atomic mass is 10.2. The highest BCUT2D eigenvalue weighted by Crippen LogP contribution is 2.21. The van der Waals surface area contributed by atoms with Crippen LogP contribution in [0.15, 0.2) is 34.9 Å². The zero-order chi connectivity index (χ0) is 13.1. The van der Waals surface area contributed by atoms with Crippen molar-refractivity contribution in [1.29, 1.82) is 0 Å². The Morgan fingerprint density at radius 2 is 1.89 bits per heavy atom. The van der Waals surface area contributed by atoms with Crippen molar-refractivity contribution in [3.05, 3.63) is 41.2 Å². The molecule has 100 valence electrons. The monoisotopic (exact) mass is 278 g/mol. The molecule has 2 aromatic rings. The van der Waals surface area contributed by atoms with Crippen LogP contribution in [0.3, 0.4) is 0 Å². The van der Waals surface area contributed by atoms with Crippen molar-refractivity contribution in [3.8, 4) is 11.5 Å². The van der Waals surface area contributed by atoms with Gasteiger partial charge in [-0.25, -0.2) is 4.98 Å². The van der Waals surface area contributed by atoms with Crippen molar-refractivity contribution in [2.24, 2.45) is 0 Å². The van der Waals surface area contributed by atoms with Crippen molar-refractivity contribution in [2.75, 3.05) is 26.3 Å². The molecule has 1 aromatic carbocycles. The topological polar surface area (TPSA) is 38.5 Å². The minimum Gasteiger partial charge on any atom is -0.444 e. The summed E-state index contributed by atoms with van der Waals surface area (Å²) in [5.41, 5.74) is 1.89. The predicted molar refractivity (Wildman–Crippen MR) is 73.0 cm³/mol. The number of hydrogen-bond donors (Lipinski definition) is 0. The van der Waals surface area contributed by atoms with E-state index in [1.165, 1.54) is 0 Å². The Kier molecular flexibility index (Phi) is 3.82. The van der Waals surface area contributed by atoms with Gasteiger partial charge in [-0.2, -0.15) is 0 Å². The van der Waals surface area contributed by atoms with Gasteiger partial charge >= 0.3 is 0 Å². The van der Waals surface area contributed by atoms with Crippen molar-refractivity contribution >= 4 is 11.6 Å². The molecule has 0 unspecified atom stereocenters. The van der Waals surface area contributed by atoms with E-state index < -0.39 is 0 Å². The first-order valence-electron chi connectivity index (χ1n) is 6.32. The number of benzene rings is 1. The van der Waals surface area contributed by atoms with Crippen molar-refractivity contribution in [3.63, 3.8) is 0 Å². The zero-order valence-corrected chi connectivity index (χ0v) is 11.3. The maximum absolute atomic E-state index is 5.86. The van der Waals surface area contributed by atoms with Crippen LogP contribution in [-0.2, 0) is 11.3 Å². The van der Waals surface area contributed by atoms with Gasteiger partial charge in [0.2, 0.25) is 5.89 Å². The van der Waals surface area contributed by atoms with Gasteiger partial charge in [-0.05, 0) is 24.3 Å². The van der Waals surface area contributed by atoms with E-state index in [0.29, 0.717) is 10.9 Å². The second-order valence-electron chi connectivity index (χ2n) is 4.54. The van der Waals surface area contributed by atoms with Crippen LogP contribution >= 0.6 is 11.6 Å². The summed E-state index contributed by atoms with van der Waals surface area (Å²) < 4.78 is 10.8. The zero-order valence-electron chi connectivity index (χ0n) is 10.5. The Morgan fingerprint density at radius 3 is 2.63 bits per heavy atom. The molecular weight excluding hydrogens is 264 g/mol. The normalized spacial score (nSPS) is 16.7. The fraction of sp³-hybridized carbons (Fsp3) is 0.357. The van der Waals surface area contributed by atoms with E-state index in [2.05, 4.69) is 9.88 Å². The van der Waals surface area contributed by atoms with E-state index in [1.807, 2.05) is 24.3 Å². The summed E-state index contributed by atoms with van der Waals surface area (Å²) in [6.07, 6.45) is 1.72. The van der Waals surface area contributed by atoms with Crippen LogP contribution in [0, 0.1) is 0 Å².